The Morgan fingerprint density at radius 3 is 2.94 bits per heavy atom. The van der Waals surface area contributed by atoms with E-state index in [1.165, 1.54) is 0 Å². The average molecular weight is 327 g/mol. The van der Waals surface area contributed by atoms with E-state index in [9.17, 15) is 4.79 Å². The highest BCUT2D eigenvalue weighted by atomic mass is 79.9. The molecule has 2 rings (SSSR count). The lowest BCUT2D eigenvalue weighted by atomic mass is 10.1. The lowest BCUT2D eigenvalue weighted by Crippen LogP contribution is -2.25. The molecule has 18 heavy (non-hydrogen) atoms. The van der Waals surface area contributed by atoms with E-state index in [1.54, 1.807) is 4.90 Å². The summed E-state index contributed by atoms with van der Waals surface area (Å²) in [7, 11) is 0. The summed E-state index contributed by atoms with van der Waals surface area (Å²) in [6.45, 7) is 0.570. The van der Waals surface area contributed by atoms with E-state index in [0.717, 1.165) is 26.8 Å². The number of carbonyl (C=O) groups excluding carboxylic acids is 1. The van der Waals surface area contributed by atoms with Crippen LogP contribution in [0.15, 0.2) is 27.6 Å². The molecule has 1 unspecified atom stereocenters. The number of halogens is 1. The minimum Gasteiger partial charge on any atom is -0.396 e. The largest absolute Gasteiger partial charge is 0.396 e. The van der Waals surface area contributed by atoms with E-state index in [4.69, 9.17) is 10.4 Å². The maximum Gasteiger partial charge on any atom is 0.227 e. The lowest BCUT2D eigenvalue weighted by molar-refractivity contribution is -0.117. The van der Waals surface area contributed by atoms with Gasteiger partial charge in [-0.15, -0.1) is 0 Å². The third kappa shape index (κ3) is 2.69. The molecule has 6 heteroatoms. The molecule has 1 aromatic carbocycles. The zero-order valence-corrected chi connectivity index (χ0v) is 11.9. The Morgan fingerprint density at radius 1 is 1.61 bits per heavy atom. The highest BCUT2D eigenvalue weighted by Gasteiger charge is 2.30. The molecule has 1 aromatic rings. The van der Waals surface area contributed by atoms with Crippen LogP contribution in [0.3, 0.4) is 0 Å². The van der Waals surface area contributed by atoms with Gasteiger partial charge in [0.15, 0.2) is 0 Å². The fourth-order valence-corrected chi connectivity index (χ4v) is 3.12. The van der Waals surface area contributed by atoms with Crippen LogP contribution in [0.1, 0.15) is 6.42 Å². The van der Waals surface area contributed by atoms with Crippen LogP contribution in [0.4, 0.5) is 5.69 Å². The number of aliphatic hydroxyl groups is 1. The highest BCUT2D eigenvalue weighted by molar-refractivity contribution is 9.10. The van der Waals surface area contributed by atoms with Crippen molar-refractivity contribution in [2.24, 2.45) is 5.92 Å². The van der Waals surface area contributed by atoms with Crippen molar-refractivity contribution in [3.8, 4) is 5.40 Å². The van der Waals surface area contributed by atoms with Gasteiger partial charge in [0.1, 0.15) is 5.40 Å². The molecule has 0 aromatic heterocycles. The third-order valence-corrected chi connectivity index (χ3v) is 4.05. The fourth-order valence-electron chi connectivity index (χ4n) is 1.96. The van der Waals surface area contributed by atoms with Crippen molar-refractivity contribution in [1.82, 2.24) is 0 Å². The molecule has 1 atom stereocenters. The monoisotopic (exact) mass is 326 g/mol. The predicted molar refractivity (Wildman–Crippen MR) is 73.2 cm³/mol. The molecule has 1 fully saturated rings. The molecule has 1 amide bonds. The van der Waals surface area contributed by atoms with Crippen molar-refractivity contribution in [1.29, 1.82) is 5.26 Å². The minimum absolute atomic E-state index is 0.0116. The normalized spacial score (nSPS) is 19.1. The molecule has 0 radical (unpaired) electrons. The smallest absolute Gasteiger partial charge is 0.227 e. The Bertz CT molecular complexity index is 515. The van der Waals surface area contributed by atoms with Crippen molar-refractivity contribution in [3.05, 3.63) is 22.7 Å². The number of hydrogen-bond donors (Lipinski definition) is 1. The average Bonchev–Trinajstić information content (AvgIpc) is 2.71. The van der Waals surface area contributed by atoms with E-state index in [-0.39, 0.29) is 18.4 Å². The Labute approximate surface area is 118 Å². The summed E-state index contributed by atoms with van der Waals surface area (Å²) < 4.78 is 0.787. The van der Waals surface area contributed by atoms with Crippen molar-refractivity contribution >= 4 is 39.3 Å². The van der Waals surface area contributed by atoms with Crippen molar-refractivity contribution < 1.29 is 9.90 Å². The SMILES string of the molecule is N#CSc1ccc(N2CC(CO)CC2=O)c(Br)c1. The maximum atomic E-state index is 11.8. The lowest BCUT2D eigenvalue weighted by Gasteiger charge is -2.18. The van der Waals surface area contributed by atoms with E-state index in [2.05, 4.69) is 15.9 Å². The summed E-state index contributed by atoms with van der Waals surface area (Å²) in [5.41, 5.74) is 0.790. The molecule has 94 valence electrons. The fraction of sp³-hybridized carbons (Fsp3) is 0.333. The molecular weight excluding hydrogens is 316 g/mol. The van der Waals surface area contributed by atoms with Crippen LogP contribution in [0.25, 0.3) is 0 Å². The Hall–Kier alpha value is -1.03. The predicted octanol–water partition coefficient (Wildman–Crippen LogP) is 2.37. The molecule has 1 N–H and O–H groups in total. The summed E-state index contributed by atoms with van der Waals surface area (Å²) in [4.78, 5) is 14.3. The Morgan fingerprint density at radius 2 is 2.39 bits per heavy atom. The van der Waals surface area contributed by atoms with Gasteiger partial charge in [-0.25, -0.2) is 0 Å². The highest BCUT2D eigenvalue weighted by Crippen LogP contribution is 2.34. The number of rotatable bonds is 3. The van der Waals surface area contributed by atoms with Crippen LogP contribution in [-0.4, -0.2) is 24.2 Å². The minimum atomic E-state index is 0.0116. The number of nitrogens with zero attached hydrogens (tertiary/aromatic N) is 2. The van der Waals surface area contributed by atoms with Gasteiger partial charge in [0, 0.05) is 34.9 Å². The van der Waals surface area contributed by atoms with Crippen molar-refractivity contribution in [2.45, 2.75) is 11.3 Å². The van der Waals surface area contributed by atoms with Crippen LogP contribution in [0, 0.1) is 16.6 Å². The zero-order chi connectivity index (χ0) is 13.1. The second-order valence-electron chi connectivity index (χ2n) is 4.06. The van der Waals surface area contributed by atoms with Gasteiger partial charge in [-0.1, -0.05) is 0 Å². The zero-order valence-electron chi connectivity index (χ0n) is 9.47. The molecule has 0 aliphatic carbocycles. The number of thiocyanates is 1. The van der Waals surface area contributed by atoms with Gasteiger partial charge in [0.2, 0.25) is 5.91 Å². The maximum absolute atomic E-state index is 11.8. The molecule has 1 saturated heterocycles. The second kappa shape index (κ2) is 5.74. The van der Waals surface area contributed by atoms with Gasteiger partial charge in [0.25, 0.3) is 0 Å². The number of hydrogen-bond acceptors (Lipinski definition) is 4. The summed E-state index contributed by atoms with van der Waals surface area (Å²) in [6.07, 6.45) is 0.387. The number of amides is 1. The van der Waals surface area contributed by atoms with Gasteiger partial charge in [-0.3, -0.25) is 4.79 Å². The first-order chi connectivity index (χ1) is 8.65. The van der Waals surface area contributed by atoms with Gasteiger partial charge in [-0.05, 0) is 45.9 Å². The standard InChI is InChI=1S/C12H11BrN2O2S/c13-10-4-9(18-7-14)1-2-11(10)15-5-8(6-16)3-12(15)17/h1-2,4,8,16H,3,5-6H2. The summed E-state index contributed by atoms with van der Waals surface area (Å²) in [5.74, 6) is 0.0352. The van der Waals surface area contributed by atoms with Gasteiger partial charge in [0.05, 0.1) is 5.69 Å². The molecule has 0 spiro atoms. The van der Waals surface area contributed by atoms with Gasteiger partial charge < -0.3 is 10.0 Å². The van der Waals surface area contributed by atoms with E-state index in [1.807, 2.05) is 23.6 Å². The van der Waals surface area contributed by atoms with Crippen LogP contribution < -0.4 is 4.90 Å². The molecule has 0 saturated carbocycles. The van der Waals surface area contributed by atoms with Crippen LogP contribution in [0.5, 0.6) is 0 Å². The van der Waals surface area contributed by atoms with Crippen molar-refractivity contribution in [3.63, 3.8) is 0 Å². The second-order valence-corrected chi connectivity index (χ2v) is 5.78. The quantitative estimate of drug-likeness (QED) is 0.684. The summed E-state index contributed by atoms with van der Waals surface area (Å²) in [5, 5.41) is 19.7. The van der Waals surface area contributed by atoms with Crippen molar-refractivity contribution in [2.75, 3.05) is 18.1 Å². The van der Waals surface area contributed by atoms with E-state index < -0.39 is 0 Å². The van der Waals surface area contributed by atoms with Gasteiger partial charge in [-0.2, -0.15) is 5.26 Å². The molecule has 1 heterocycles. The topological polar surface area (TPSA) is 64.3 Å². The Kier molecular flexibility index (Phi) is 4.27. The number of carbonyl (C=O) groups is 1. The van der Waals surface area contributed by atoms with Crippen LogP contribution in [-0.2, 0) is 4.79 Å². The van der Waals surface area contributed by atoms with Gasteiger partial charge >= 0.3 is 0 Å². The first kappa shape index (κ1) is 13.4. The van der Waals surface area contributed by atoms with Crippen LogP contribution >= 0.6 is 27.7 Å². The molecule has 1 aliphatic rings. The molecule has 1 aliphatic heterocycles. The number of nitriles is 1. The Balaban J connectivity index is 2.24. The number of aliphatic hydroxyl groups excluding tert-OH is 1. The number of anilines is 1. The third-order valence-electron chi connectivity index (χ3n) is 2.84. The summed E-state index contributed by atoms with van der Waals surface area (Å²) >= 11 is 4.50. The summed E-state index contributed by atoms with van der Waals surface area (Å²) in [6, 6.07) is 5.46. The molecular formula is C12H11BrN2O2S. The molecule has 0 bridgehead atoms. The number of thioether (sulfide) groups is 1. The first-order valence-electron chi connectivity index (χ1n) is 5.42. The van der Waals surface area contributed by atoms with Crippen LogP contribution in [0.2, 0.25) is 0 Å². The molecule has 4 nitrogen and oxygen atoms in total. The first-order valence-corrected chi connectivity index (χ1v) is 7.03. The van der Waals surface area contributed by atoms with E-state index >= 15 is 0 Å². The van der Waals surface area contributed by atoms with E-state index in [0.29, 0.717) is 13.0 Å². The number of benzene rings is 1.